The lowest BCUT2D eigenvalue weighted by Gasteiger charge is -2.37. The van der Waals surface area contributed by atoms with Crippen molar-refractivity contribution in [2.45, 2.75) is 18.9 Å². The molecular formula is C22H27BrN2O2. The molecule has 4 rings (SSSR count). The van der Waals surface area contributed by atoms with Crippen molar-refractivity contribution >= 4 is 21.6 Å². The number of ether oxygens (including phenoxy) is 2. The van der Waals surface area contributed by atoms with Gasteiger partial charge in [0.15, 0.2) is 0 Å². The summed E-state index contributed by atoms with van der Waals surface area (Å²) in [4.78, 5) is 5.02. The topological polar surface area (TPSA) is 24.9 Å². The molecule has 2 aliphatic heterocycles. The van der Waals surface area contributed by atoms with Crippen LogP contribution in [0, 0.1) is 0 Å². The van der Waals surface area contributed by atoms with Crippen molar-refractivity contribution in [3.63, 3.8) is 0 Å². The van der Waals surface area contributed by atoms with Crippen LogP contribution in [0.5, 0.6) is 5.75 Å². The van der Waals surface area contributed by atoms with E-state index >= 15 is 0 Å². The molecule has 1 atom stereocenters. The Bertz CT molecular complexity index is 757. The summed E-state index contributed by atoms with van der Waals surface area (Å²) in [6, 6.07) is 15.0. The van der Waals surface area contributed by atoms with Crippen LogP contribution in [0.25, 0.3) is 0 Å². The third kappa shape index (κ3) is 4.48. The minimum Gasteiger partial charge on any atom is -0.497 e. The maximum absolute atomic E-state index is 6.08. The Balaban J connectivity index is 1.29. The van der Waals surface area contributed by atoms with Gasteiger partial charge in [-0.25, -0.2) is 0 Å². The van der Waals surface area contributed by atoms with Crippen LogP contribution in [0.1, 0.15) is 23.7 Å². The molecule has 27 heavy (non-hydrogen) atoms. The SMILES string of the molecule is COc1ccc(N2CCN(CC[C@@H]3OCCc4cc(Br)ccc43)CC2)cc1. The van der Waals surface area contributed by atoms with Gasteiger partial charge in [0.25, 0.3) is 0 Å². The fraction of sp³-hybridized carbons (Fsp3) is 0.455. The maximum Gasteiger partial charge on any atom is 0.119 e. The average molecular weight is 431 g/mol. The number of halogens is 1. The normalized spacial score (nSPS) is 20.4. The summed E-state index contributed by atoms with van der Waals surface area (Å²) < 4.78 is 12.5. The number of benzene rings is 2. The quantitative estimate of drug-likeness (QED) is 0.706. The number of rotatable bonds is 5. The van der Waals surface area contributed by atoms with Crippen LogP contribution in [0.4, 0.5) is 5.69 Å². The monoisotopic (exact) mass is 430 g/mol. The molecule has 0 unspecified atom stereocenters. The highest BCUT2D eigenvalue weighted by Crippen LogP contribution is 2.32. The molecule has 0 saturated carbocycles. The van der Waals surface area contributed by atoms with Gasteiger partial charge >= 0.3 is 0 Å². The van der Waals surface area contributed by atoms with Crippen molar-refractivity contribution < 1.29 is 9.47 Å². The van der Waals surface area contributed by atoms with Gasteiger partial charge in [0, 0.05) is 42.9 Å². The molecule has 0 aromatic heterocycles. The summed E-state index contributed by atoms with van der Waals surface area (Å²) in [5.41, 5.74) is 4.09. The van der Waals surface area contributed by atoms with Crippen LogP contribution in [-0.4, -0.2) is 51.3 Å². The largest absolute Gasteiger partial charge is 0.497 e. The second-order valence-electron chi connectivity index (χ2n) is 7.27. The molecule has 1 fully saturated rings. The van der Waals surface area contributed by atoms with Crippen LogP contribution in [-0.2, 0) is 11.2 Å². The van der Waals surface area contributed by atoms with Crippen LogP contribution >= 0.6 is 15.9 Å². The molecule has 1 saturated heterocycles. The summed E-state index contributed by atoms with van der Waals surface area (Å²) in [6.07, 6.45) is 2.32. The summed E-state index contributed by atoms with van der Waals surface area (Å²) >= 11 is 3.58. The molecular weight excluding hydrogens is 404 g/mol. The minimum absolute atomic E-state index is 0.237. The van der Waals surface area contributed by atoms with Crippen molar-refractivity contribution in [3.05, 3.63) is 58.1 Å². The smallest absolute Gasteiger partial charge is 0.119 e. The van der Waals surface area contributed by atoms with E-state index in [2.05, 4.69) is 56.1 Å². The van der Waals surface area contributed by atoms with E-state index in [4.69, 9.17) is 9.47 Å². The van der Waals surface area contributed by atoms with E-state index < -0.39 is 0 Å². The van der Waals surface area contributed by atoms with Crippen molar-refractivity contribution in [1.29, 1.82) is 0 Å². The average Bonchev–Trinajstić information content (AvgIpc) is 2.72. The maximum atomic E-state index is 6.08. The molecule has 0 amide bonds. The standard InChI is InChI=1S/C22H27BrN2O2/c1-26-20-5-3-19(4-6-20)25-13-11-24(12-14-25)10-8-22-21-7-2-18(23)16-17(21)9-15-27-22/h2-7,16,22H,8-15H2,1H3/t22-/m0/s1. The molecule has 144 valence electrons. The number of anilines is 1. The lowest BCUT2D eigenvalue weighted by atomic mass is 9.95. The third-order valence-electron chi connectivity index (χ3n) is 5.66. The predicted molar refractivity (Wildman–Crippen MR) is 113 cm³/mol. The molecule has 0 spiro atoms. The van der Waals surface area contributed by atoms with Crippen LogP contribution < -0.4 is 9.64 Å². The van der Waals surface area contributed by atoms with Crippen molar-refractivity contribution in [3.8, 4) is 5.75 Å². The Morgan fingerprint density at radius 1 is 1.07 bits per heavy atom. The highest BCUT2D eigenvalue weighted by molar-refractivity contribution is 9.10. The lowest BCUT2D eigenvalue weighted by molar-refractivity contribution is 0.0289. The van der Waals surface area contributed by atoms with Gasteiger partial charge in [-0.15, -0.1) is 0 Å². The van der Waals surface area contributed by atoms with E-state index in [0.29, 0.717) is 0 Å². The summed E-state index contributed by atoms with van der Waals surface area (Å²) in [7, 11) is 1.71. The molecule has 5 heteroatoms. The molecule has 4 nitrogen and oxygen atoms in total. The third-order valence-corrected chi connectivity index (χ3v) is 6.15. The van der Waals surface area contributed by atoms with Gasteiger partial charge in [-0.3, -0.25) is 4.90 Å². The van der Waals surface area contributed by atoms with Gasteiger partial charge in [0.05, 0.1) is 19.8 Å². The first kappa shape index (κ1) is 18.8. The zero-order valence-corrected chi connectivity index (χ0v) is 17.5. The van der Waals surface area contributed by atoms with E-state index in [-0.39, 0.29) is 6.10 Å². The Morgan fingerprint density at radius 3 is 2.59 bits per heavy atom. The highest BCUT2D eigenvalue weighted by atomic mass is 79.9. The van der Waals surface area contributed by atoms with E-state index in [9.17, 15) is 0 Å². The second kappa shape index (κ2) is 8.63. The molecule has 2 aromatic rings. The molecule has 2 aliphatic rings. The van der Waals surface area contributed by atoms with E-state index in [0.717, 1.165) is 62.4 Å². The molecule has 2 heterocycles. The van der Waals surface area contributed by atoms with Gasteiger partial charge in [-0.1, -0.05) is 22.0 Å². The highest BCUT2D eigenvalue weighted by Gasteiger charge is 2.23. The summed E-state index contributed by atoms with van der Waals surface area (Å²) in [5, 5.41) is 0. The Hall–Kier alpha value is -1.56. The zero-order valence-electron chi connectivity index (χ0n) is 15.9. The summed E-state index contributed by atoms with van der Waals surface area (Å²) in [5.74, 6) is 0.914. The first-order chi connectivity index (χ1) is 13.2. The van der Waals surface area contributed by atoms with Gasteiger partial charge < -0.3 is 14.4 Å². The lowest BCUT2D eigenvalue weighted by Crippen LogP contribution is -2.46. The number of hydrogen-bond acceptors (Lipinski definition) is 4. The van der Waals surface area contributed by atoms with Crippen LogP contribution in [0.3, 0.4) is 0 Å². The van der Waals surface area contributed by atoms with Gasteiger partial charge in [-0.2, -0.15) is 0 Å². The molecule has 0 aliphatic carbocycles. The first-order valence-corrected chi connectivity index (χ1v) is 10.5. The fourth-order valence-corrected chi connectivity index (χ4v) is 4.48. The predicted octanol–water partition coefficient (Wildman–Crippen LogP) is 4.28. The Labute approximate surface area is 170 Å². The van der Waals surface area contributed by atoms with E-state index in [1.54, 1.807) is 7.11 Å². The zero-order chi connectivity index (χ0) is 18.6. The Morgan fingerprint density at radius 2 is 1.85 bits per heavy atom. The molecule has 0 radical (unpaired) electrons. The number of hydrogen-bond donors (Lipinski definition) is 0. The van der Waals surface area contributed by atoms with Crippen molar-refractivity contribution in [1.82, 2.24) is 4.90 Å². The summed E-state index contributed by atoms with van der Waals surface area (Å²) in [6.45, 7) is 6.27. The number of fused-ring (bicyclic) bond motifs is 1. The van der Waals surface area contributed by atoms with E-state index in [1.807, 2.05) is 12.1 Å². The van der Waals surface area contributed by atoms with Gasteiger partial charge in [-0.05, 0) is 60.4 Å². The second-order valence-corrected chi connectivity index (χ2v) is 8.18. The van der Waals surface area contributed by atoms with E-state index in [1.165, 1.54) is 16.8 Å². The first-order valence-electron chi connectivity index (χ1n) is 9.74. The number of piperazine rings is 1. The van der Waals surface area contributed by atoms with Gasteiger partial charge in [0.1, 0.15) is 5.75 Å². The van der Waals surface area contributed by atoms with Crippen molar-refractivity contribution in [2.24, 2.45) is 0 Å². The number of methoxy groups -OCH3 is 1. The van der Waals surface area contributed by atoms with Crippen LogP contribution in [0.15, 0.2) is 46.9 Å². The molecule has 0 bridgehead atoms. The Kier molecular flexibility index (Phi) is 6.01. The fourth-order valence-electron chi connectivity index (χ4n) is 4.07. The van der Waals surface area contributed by atoms with Crippen LogP contribution in [0.2, 0.25) is 0 Å². The minimum atomic E-state index is 0.237. The number of nitrogens with zero attached hydrogens (tertiary/aromatic N) is 2. The molecule has 2 aromatic carbocycles. The van der Waals surface area contributed by atoms with Crippen molar-refractivity contribution in [2.75, 3.05) is 51.3 Å². The van der Waals surface area contributed by atoms with Gasteiger partial charge in [0.2, 0.25) is 0 Å². The molecule has 0 N–H and O–H groups in total.